The molecule has 2 amide bonds. The predicted molar refractivity (Wildman–Crippen MR) is 69.1 cm³/mol. The number of carbonyl (C=O) groups excluding carboxylic acids is 1. The summed E-state index contributed by atoms with van der Waals surface area (Å²) in [6.45, 7) is 10.9. The van der Waals surface area contributed by atoms with E-state index in [2.05, 4.69) is 4.90 Å². The van der Waals surface area contributed by atoms with Crippen LogP contribution >= 0.6 is 0 Å². The maximum absolute atomic E-state index is 12.1. The molecule has 0 unspecified atom stereocenters. The van der Waals surface area contributed by atoms with Gasteiger partial charge in [0, 0.05) is 45.8 Å². The molecule has 1 aliphatic heterocycles. The summed E-state index contributed by atoms with van der Waals surface area (Å²) in [7, 11) is 0. The summed E-state index contributed by atoms with van der Waals surface area (Å²) < 4.78 is 0. The SMILES string of the molecule is CCN(CC)C(=O)N1CCN(CC2CC2)CC1. The van der Waals surface area contributed by atoms with Gasteiger partial charge in [-0.2, -0.15) is 0 Å². The van der Waals surface area contributed by atoms with Crippen molar-refractivity contribution in [3.63, 3.8) is 0 Å². The maximum Gasteiger partial charge on any atom is 0.320 e. The van der Waals surface area contributed by atoms with Crippen molar-refractivity contribution < 1.29 is 4.79 Å². The van der Waals surface area contributed by atoms with Crippen molar-refractivity contribution in [2.75, 3.05) is 45.8 Å². The number of nitrogens with zero attached hydrogens (tertiary/aromatic N) is 3. The first kappa shape index (κ1) is 12.7. The van der Waals surface area contributed by atoms with Crippen molar-refractivity contribution in [3.8, 4) is 0 Å². The Kier molecular flexibility index (Phi) is 4.26. The average Bonchev–Trinajstić information content (AvgIpc) is 3.15. The van der Waals surface area contributed by atoms with Gasteiger partial charge in [0.15, 0.2) is 0 Å². The average molecular weight is 239 g/mol. The van der Waals surface area contributed by atoms with Crippen LogP contribution in [0, 0.1) is 5.92 Å². The zero-order valence-corrected chi connectivity index (χ0v) is 11.2. The molecule has 0 radical (unpaired) electrons. The van der Waals surface area contributed by atoms with Crippen LogP contribution in [0.2, 0.25) is 0 Å². The maximum atomic E-state index is 12.1. The van der Waals surface area contributed by atoms with Gasteiger partial charge in [-0.3, -0.25) is 4.90 Å². The quantitative estimate of drug-likeness (QED) is 0.743. The Labute approximate surface area is 105 Å². The largest absolute Gasteiger partial charge is 0.325 e. The van der Waals surface area contributed by atoms with Crippen LogP contribution in [0.1, 0.15) is 26.7 Å². The smallest absolute Gasteiger partial charge is 0.320 e. The molecule has 2 rings (SSSR count). The van der Waals surface area contributed by atoms with Crippen LogP contribution in [0.5, 0.6) is 0 Å². The molecule has 0 spiro atoms. The highest BCUT2D eigenvalue weighted by atomic mass is 16.2. The van der Waals surface area contributed by atoms with Crippen molar-refractivity contribution in [2.45, 2.75) is 26.7 Å². The monoisotopic (exact) mass is 239 g/mol. The van der Waals surface area contributed by atoms with E-state index in [4.69, 9.17) is 0 Å². The Hall–Kier alpha value is -0.770. The van der Waals surface area contributed by atoms with Gasteiger partial charge in [-0.1, -0.05) is 0 Å². The summed E-state index contributed by atoms with van der Waals surface area (Å²) in [4.78, 5) is 18.6. The van der Waals surface area contributed by atoms with E-state index in [1.165, 1.54) is 19.4 Å². The van der Waals surface area contributed by atoms with Gasteiger partial charge in [-0.25, -0.2) is 4.79 Å². The second kappa shape index (κ2) is 5.71. The second-order valence-corrected chi connectivity index (χ2v) is 5.19. The number of amides is 2. The van der Waals surface area contributed by atoms with Crippen LogP contribution in [0.4, 0.5) is 4.79 Å². The van der Waals surface area contributed by atoms with Crippen molar-refractivity contribution in [1.29, 1.82) is 0 Å². The van der Waals surface area contributed by atoms with E-state index in [-0.39, 0.29) is 6.03 Å². The van der Waals surface area contributed by atoms with Crippen LogP contribution in [-0.4, -0.2) is 66.5 Å². The number of rotatable bonds is 4. The van der Waals surface area contributed by atoms with E-state index in [9.17, 15) is 4.79 Å². The fraction of sp³-hybridized carbons (Fsp3) is 0.923. The summed E-state index contributed by atoms with van der Waals surface area (Å²) in [6, 6.07) is 0.223. The van der Waals surface area contributed by atoms with Crippen LogP contribution in [0.3, 0.4) is 0 Å². The minimum Gasteiger partial charge on any atom is -0.325 e. The summed E-state index contributed by atoms with van der Waals surface area (Å²) >= 11 is 0. The zero-order chi connectivity index (χ0) is 12.3. The van der Waals surface area contributed by atoms with Crippen molar-refractivity contribution in [1.82, 2.24) is 14.7 Å². The molecule has 1 saturated heterocycles. The molecule has 0 aromatic rings. The Morgan fingerprint density at radius 3 is 2.18 bits per heavy atom. The molecule has 1 saturated carbocycles. The van der Waals surface area contributed by atoms with E-state index in [1.807, 2.05) is 23.6 Å². The first-order chi connectivity index (χ1) is 8.24. The summed E-state index contributed by atoms with van der Waals surface area (Å²) in [5.41, 5.74) is 0. The predicted octanol–water partition coefficient (Wildman–Crippen LogP) is 1.48. The Bertz CT molecular complexity index is 253. The molecular formula is C13H25N3O. The highest BCUT2D eigenvalue weighted by Gasteiger charge is 2.28. The fourth-order valence-electron chi connectivity index (χ4n) is 2.48. The fourth-order valence-corrected chi connectivity index (χ4v) is 2.48. The summed E-state index contributed by atoms with van der Waals surface area (Å²) in [5, 5.41) is 0. The number of hydrogen-bond donors (Lipinski definition) is 0. The van der Waals surface area contributed by atoms with E-state index in [1.54, 1.807) is 0 Å². The van der Waals surface area contributed by atoms with E-state index in [0.717, 1.165) is 45.2 Å². The summed E-state index contributed by atoms with van der Waals surface area (Å²) in [5.74, 6) is 0.958. The van der Waals surface area contributed by atoms with Crippen LogP contribution < -0.4 is 0 Å². The van der Waals surface area contributed by atoms with E-state index in [0.29, 0.717) is 0 Å². The molecule has 0 N–H and O–H groups in total. The second-order valence-electron chi connectivity index (χ2n) is 5.19. The number of hydrogen-bond acceptors (Lipinski definition) is 2. The molecule has 0 aromatic heterocycles. The Morgan fingerprint density at radius 1 is 1.12 bits per heavy atom. The Morgan fingerprint density at radius 2 is 1.71 bits per heavy atom. The molecule has 98 valence electrons. The van der Waals surface area contributed by atoms with Crippen molar-refractivity contribution in [2.24, 2.45) is 5.92 Å². The lowest BCUT2D eigenvalue weighted by Gasteiger charge is -2.37. The van der Waals surface area contributed by atoms with Gasteiger partial charge in [-0.05, 0) is 32.6 Å². The molecule has 1 aliphatic carbocycles. The van der Waals surface area contributed by atoms with Crippen LogP contribution in [0.15, 0.2) is 0 Å². The van der Waals surface area contributed by atoms with Gasteiger partial charge in [0.1, 0.15) is 0 Å². The lowest BCUT2D eigenvalue weighted by atomic mass is 10.3. The molecule has 4 heteroatoms. The number of urea groups is 1. The van der Waals surface area contributed by atoms with Crippen molar-refractivity contribution >= 4 is 6.03 Å². The molecule has 2 aliphatic rings. The zero-order valence-electron chi connectivity index (χ0n) is 11.2. The van der Waals surface area contributed by atoms with Crippen molar-refractivity contribution in [3.05, 3.63) is 0 Å². The topological polar surface area (TPSA) is 26.8 Å². The third-order valence-electron chi connectivity index (χ3n) is 3.89. The van der Waals surface area contributed by atoms with Gasteiger partial charge in [-0.15, -0.1) is 0 Å². The number of piperazine rings is 1. The number of carbonyl (C=O) groups is 1. The lowest BCUT2D eigenvalue weighted by Crippen LogP contribution is -2.53. The molecular weight excluding hydrogens is 214 g/mol. The van der Waals surface area contributed by atoms with Gasteiger partial charge in [0.25, 0.3) is 0 Å². The standard InChI is InChI=1S/C13H25N3O/c1-3-15(4-2)13(17)16-9-7-14(8-10-16)11-12-5-6-12/h12H,3-11H2,1-2H3. The molecule has 0 aromatic carbocycles. The van der Waals surface area contributed by atoms with Crippen LogP contribution in [0.25, 0.3) is 0 Å². The lowest BCUT2D eigenvalue weighted by molar-refractivity contribution is 0.113. The van der Waals surface area contributed by atoms with Crippen LogP contribution in [-0.2, 0) is 0 Å². The molecule has 0 bridgehead atoms. The van der Waals surface area contributed by atoms with E-state index < -0.39 is 0 Å². The van der Waals surface area contributed by atoms with Gasteiger partial charge >= 0.3 is 6.03 Å². The summed E-state index contributed by atoms with van der Waals surface area (Å²) in [6.07, 6.45) is 2.83. The van der Waals surface area contributed by atoms with Gasteiger partial charge < -0.3 is 9.80 Å². The molecule has 2 fully saturated rings. The third-order valence-corrected chi connectivity index (χ3v) is 3.89. The molecule has 1 heterocycles. The third kappa shape index (κ3) is 3.35. The van der Waals surface area contributed by atoms with E-state index >= 15 is 0 Å². The molecule has 4 nitrogen and oxygen atoms in total. The minimum absolute atomic E-state index is 0.223. The van der Waals surface area contributed by atoms with Gasteiger partial charge in [0.2, 0.25) is 0 Å². The first-order valence-electron chi connectivity index (χ1n) is 7.00. The Balaban J connectivity index is 1.75. The highest BCUT2D eigenvalue weighted by Crippen LogP contribution is 2.29. The highest BCUT2D eigenvalue weighted by molar-refractivity contribution is 5.74. The minimum atomic E-state index is 0.223. The molecule has 0 atom stereocenters. The first-order valence-corrected chi connectivity index (χ1v) is 7.00. The molecule has 17 heavy (non-hydrogen) atoms. The van der Waals surface area contributed by atoms with Gasteiger partial charge in [0.05, 0.1) is 0 Å². The normalized spacial score (nSPS) is 21.6.